The molecule has 0 nitrogen and oxygen atoms in total. The van der Waals surface area contributed by atoms with Crippen LogP contribution in [0.25, 0.3) is 0 Å². The molecule has 2 atom stereocenters. The fraction of sp³-hybridized carbons (Fsp3) is 0.750. The van der Waals surface area contributed by atoms with Crippen molar-refractivity contribution < 1.29 is 65.4 Å². The standard InChI is InChI=1S/C12H21.2Y/c1-3-4-5-6-9-12-10-7-8-11(12)2;;/h6,11-12H,1-5,7-10H2;;/q-3;;+3. The third-order valence-electron chi connectivity index (χ3n) is 2.94. The predicted octanol–water partition coefficient (Wildman–Crippen LogP) is 3.83. The van der Waals surface area contributed by atoms with Gasteiger partial charge in [0.15, 0.2) is 0 Å². The Balaban J connectivity index is 0. The summed E-state index contributed by atoms with van der Waals surface area (Å²) in [5, 5.41) is 0. The molecule has 14 heavy (non-hydrogen) atoms. The van der Waals surface area contributed by atoms with Gasteiger partial charge in [-0.1, -0.05) is 25.2 Å². The molecule has 0 aromatic rings. The number of hydrogen-bond donors (Lipinski definition) is 0. The van der Waals surface area contributed by atoms with E-state index in [4.69, 9.17) is 0 Å². The molecule has 1 fully saturated rings. The van der Waals surface area contributed by atoms with Crippen molar-refractivity contribution in [3.05, 3.63) is 20.3 Å². The van der Waals surface area contributed by atoms with Gasteiger partial charge >= 0.3 is 32.7 Å². The summed E-state index contributed by atoms with van der Waals surface area (Å²) in [6, 6.07) is 0. The zero-order valence-corrected chi connectivity index (χ0v) is 14.9. The van der Waals surface area contributed by atoms with Gasteiger partial charge in [0, 0.05) is 32.7 Å². The van der Waals surface area contributed by atoms with E-state index in [1.165, 1.54) is 38.5 Å². The summed E-state index contributed by atoms with van der Waals surface area (Å²) >= 11 is 0. The number of unbranched alkanes of at least 4 members (excludes halogenated alkanes) is 3. The molecule has 1 aliphatic rings. The molecule has 1 rings (SSSR count). The van der Waals surface area contributed by atoms with E-state index in [9.17, 15) is 0 Å². The summed E-state index contributed by atoms with van der Waals surface area (Å²) in [6.45, 7) is 8.02. The molecule has 0 spiro atoms. The van der Waals surface area contributed by atoms with E-state index in [-0.39, 0.29) is 65.4 Å². The minimum Gasteiger partial charge on any atom is -0.343 e. The molecular weight excluding hydrogens is 322 g/mol. The van der Waals surface area contributed by atoms with Crippen LogP contribution in [0.2, 0.25) is 0 Å². The minimum atomic E-state index is 0. The molecule has 0 aromatic carbocycles. The first-order valence-corrected chi connectivity index (χ1v) is 5.28. The summed E-state index contributed by atoms with van der Waals surface area (Å²) in [5.74, 6) is 1.64. The van der Waals surface area contributed by atoms with Crippen molar-refractivity contribution in [2.24, 2.45) is 11.8 Å². The number of rotatable bonds is 5. The maximum Gasteiger partial charge on any atom is 3.00 e. The Morgan fingerprint density at radius 2 is 2.00 bits per heavy atom. The molecule has 2 heteroatoms. The topological polar surface area (TPSA) is 0 Å². The minimum absolute atomic E-state index is 0. The fourth-order valence-electron chi connectivity index (χ4n) is 2.04. The fourth-order valence-corrected chi connectivity index (χ4v) is 2.04. The Bertz CT molecular complexity index is 115. The zero-order chi connectivity index (χ0) is 8.81. The van der Waals surface area contributed by atoms with Crippen LogP contribution in [0.4, 0.5) is 0 Å². The smallest absolute Gasteiger partial charge is 0.343 e. The molecule has 0 aliphatic heterocycles. The van der Waals surface area contributed by atoms with Gasteiger partial charge in [0.25, 0.3) is 0 Å². The van der Waals surface area contributed by atoms with E-state index < -0.39 is 0 Å². The molecule has 0 amide bonds. The molecule has 1 aliphatic carbocycles. The van der Waals surface area contributed by atoms with Crippen LogP contribution < -0.4 is 0 Å². The Morgan fingerprint density at radius 1 is 1.29 bits per heavy atom. The third-order valence-corrected chi connectivity index (χ3v) is 2.94. The van der Waals surface area contributed by atoms with Crippen LogP contribution in [0.1, 0.15) is 44.9 Å². The van der Waals surface area contributed by atoms with Gasteiger partial charge < -0.3 is 20.3 Å². The zero-order valence-electron chi connectivity index (χ0n) is 9.25. The molecule has 1 saturated carbocycles. The van der Waals surface area contributed by atoms with E-state index in [0.717, 1.165) is 18.3 Å². The molecule has 0 aromatic heterocycles. The van der Waals surface area contributed by atoms with Crippen molar-refractivity contribution in [3.63, 3.8) is 0 Å². The van der Waals surface area contributed by atoms with Gasteiger partial charge in [0.05, 0.1) is 0 Å². The van der Waals surface area contributed by atoms with Gasteiger partial charge in [-0.3, -0.25) is 0 Å². The van der Waals surface area contributed by atoms with Crippen LogP contribution in [0, 0.1) is 32.1 Å². The molecule has 0 N–H and O–H groups in total. The first-order valence-electron chi connectivity index (χ1n) is 5.28. The van der Waals surface area contributed by atoms with E-state index in [0.29, 0.717) is 0 Å². The Labute approximate surface area is 141 Å². The molecular formula is C12H21Y2. The van der Waals surface area contributed by atoms with Crippen LogP contribution >= 0.6 is 0 Å². The van der Waals surface area contributed by atoms with E-state index in [1.54, 1.807) is 0 Å². The van der Waals surface area contributed by atoms with Crippen molar-refractivity contribution in [2.45, 2.75) is 44.9 Å². The summed E-state index contributed by atoms with van der Waals surface area (Å²) in [6.07, 6.45) is 11.5. The number of hydrogen-bond acceptors (Lipinski definition) is 0. The summed E-state index contributed by atoms with van der Waals surface area (Å²) in [5.41, 5.74) is 0. The summed E-state index contributed by atoms with van der Waals surface area (Å²) < 4.78 is 0. The Kier molecular flexibility index (Phi) is 15.5. The second-order valence-corrected chi connectivity index (χ2v) is 3.97. The monoisotopic (exact) mass is 343 g/mol. The first kappa shape index (κ1) is 18.6. The second-order valence-electron chi connectivity index (χ2n) is 3.97. The van der Waals surface area contributed by atoms with Gasteiger partial charge in [0.1, 0.15) is 0 Å². The molecule has 1 radical (unpaired) electrons. The SMILES string of the molecule is [CH2-]CCC[CH-]CC1CCCC1[CH2-].[Y+3].[Y]. The first-order chi connectivity index (χ1) is 5.84. The summed E-state index contributed by atoms with van der Waals surface area (Å²) in [7, 11) is 0. The average molecular weight is 343 g/mol. The maximum absolute atomic E-state index is 4.19. The Hall–Kier alpha value is 2.21. The second kappa shape index (κ2) is 11.7. The largest absolute Gasteiger partial charge is 3.00 e. The quantitative estimate of drug-likeness (QED) is 0.526. The van der Waals surface area contributed by atoms with Gasteiger partial charge in [-0.05, 0) is 0 Å². The Morgan fingerprint density at radius 3 is 2.50 bits per heavy atom. The van der Waals surface area contributed by atoms with E-state index in [1.807, 2.05) is 0 Å². The van der Waals surface area contributed by atoms with Crippen LogP contribution in [0.3, 0.4) is 0 Å². The van der Waals surface area contributed by atoms with Crippen molar-refractivity contribution >= 4 is 0 Å². The van der Waals surface area contributed by atoms with Crippen LogP contribution in [-0.2, 0) is 65.4 Å². The molecule has 75 valence electrons. The van der Waals surface area contributed by atoms with Crippen molar-refractivity contribution in [3.8, 4) is 0 Å². The van der Waals surface area contributed by atoms with Crippen molar-refractivity contribution in [2.75, 3.05) is 0 Å². The van der Waals surface area contributed by atoms with Gasteiger partial charge in [-0.25, -0.2) is 0 Å². The van der Waals surface area contributed by atoms with Crippen LogP contribution in [0.15, 0.2) is 0 Å². The molecule has 0 heterocycles. The van der Waals surface area contributed by atoms with Gasteiger partial charge in [0.2, 0.25) is 0 Å². The van der Waals surface area contributed by atoms with Crippen molar-refractivity contribution in [1.82, 2.24) is 0 Å². The van der Waals surface area contributed by atoms with Crippen LogP contribution in [0.5, 0.6) is 0 Å². The maximum atomic E-state index is 4.19. The average Bonchev–Trinajstić information content (AvgIpc) is 2.46. The third kappa shape index (κ3) is 7.48. The van der Waals surface area contributed by atoms with Crippen molar-refractivity contribution in [1.29, 1.82) is 0 Å². The summed E-state index contributed by atoms with van der Waals surface area (Å²) in [4.78, 5) is 0. The van der Waals surface area contributed by atoms with Crippen LogP contribution in [-0.4, -0.2) is 0 Å². The van der Waals surface area contributed by atoms with Gasteiger partial charge in [-0.15, -0.1) is 6.42 Å². The molecule has 2 unspecified atom stereocenters. The van der Waals surface area contributed by atoms with E-state index >= 15 is 0 Å². The predicted molar refractivity (Wildman–Crippen MR) is 54.3 cm³/mol. The van der Waals surface area contributed by atoms with Gasteiger partial charge in [-0.2, -0.15) is 25.2 Å². The normalized spacial score (nSPS) is 25.3. The molecule has 0 bridgehead atoms. The van der Waals surface area contributed by atoms with E-state index in [2.05, 4.69) is 20.3 Å². The molecule has 0 saturated heterocycles.